The van der Waals surface area contributed by atoms with Crippen LogP contribution in [0.25, 0.3) is 0 Å². The van der Waals surface area contributed by atoms with E-state index < -0.39 is 0 Å². The molecule has 1 N–H and O–H groups in total. The van der Waals surface area contributed by atoms with E-state index in [0.29, 0.717) is 24.1 Å². The van der Waals surface area contributed by atoms with Crippen LogP contribution in [0.1, 0.15) is 42.6 Å². The van der Waals surface area contributed by atoms with Gasteiger partial charge in [-0.25, -0.2) is 9.97 Å². The Hall–Kier alpha value is -2.43. The van der Waals surface area contributed by atoms with Crippen LogP contribution in [0, 0.1) is 0 Å². The van der Waals surface area contributed by atoms with Crippen molar-refractivity contribution < 1.29 is 4.79 Å². The van der Waals surface area contributed by atoms with E-state index in [1.165, 1.54) is 5.56 Å². The van der Waals surface area contributed by atoms with Crippen molar-refractivity contribution in [3.8, 4) is 0 Å². The molecule has 0 fully saturated rings. The van der Waals surface area contributed by atoms with Gasteiger partial charge in [0.1, 0.15) is 0 Å². The van der Waals surface area contributed by atoms with Crippen LogP contribution >= 0.6 is 0 Å². The number of hydrogen-bond donors (Lipinski definition) is 1. The Bertz CT molecular complexity index is 684. The summed E-state index contributed by atoms with van der Waals surface area (Å²) in [5.41, 5.74) is 2.97. The Morgan fingerprint density at radius 3 is 2.78 bits per heavy atom. The molecule has 1 aliphatic heterocycles. The van der Waals surface area contributed by atoms with Crippen LogP contribution in [0.2, 0.25) is 0 Å². The summed E-state index contributed by atoms with van der Waals surface area (Å²) in [4.78, 5) is 23.0. The molecule has 0 aliphatic carbocycles. The highest BCUT2D eigenvalue weighted by molar-refractivity contribution is 5.93. The Balaban J connectivity index is 1.76. The minimum atomic E-state index is -0.111. The summed E-state index contributed by atoms with van der Waals surface area (Å²) in [6.07, 6.45) is 6.24. The lowest BCUT2D eigenvalue weighted by atomic mass is 10.1. The van der Waals surface area contributed by atoms with Crippen LogP contribution in [0.15, 0.2) is 36.7 Å². The molecule has 5 heteroatoms. The maximum atomic E-state index is 12.0. The second-order valence-corrected chi connectivity index (χ2v) is 5.93. The van der Waals surface area contributed by atoms with Gasteiger partial charge in [-0.05, 0) is 31.4 Å². The summed E-state index contributed by atoms with van der Waals surface area (Å²) in [7, 11) is 0. The molecule has 1 aromatic heterocycles. The maximum absolute atomic E-state index is 12.0. The molecule has 1 amide bonds. The fourth-order valence-electron chi connectivity index (χ4n) is 2.91. The second-order valence-electron chi connectivity index (χ2n) is 5.93. The third-order valence-electron chi connectivity index (χ3n) is 4.14. The minimum Gasteiger partial charge on any atom is -0.352 e. The summed E-state index contributed by atoms with van der Waals surface area (Å²) >= 11 is 0. The summed E-state index contributed by atoms with van der Waals surface area (Å²) in [5, 5.41) is 2.88. The summed E-state index contributed by atoms with van der Waals surface area (Å²) < 4.78 is 0. The molecule has 0 spiro atoms. The van der Waals surface area contributed by atoms with Gasteiger partial charge in [0.25, 0.3) is 5.91 Å². The summed E-state index contributed by atoms with van der Waals surface area (Å²) in [6, 6.07) is 8.63. The number of para-hydroxylation sites is 1. The Kier molecular flexibility index (Phi) is 4.55. The van der Waals surface area contributed by atoms with Crippen LogP contribution in [0.3, 0.4) is 0 Å². The van der Waals surface area contributed by atoms with Gasteiger partial charge >= 0.3 is 0 Å². The maximum Gasteiger partial charge on any atom is 0.254 e. The molecule has 1 unspecified atom stereocenters. The molecule has 0 bridgehead atoms. The van der Waals surface area contributed by atoms with Gasteiger partial charge in [-0.3, -0.25) is 4.79 Å². The van der Waals surface area contributed by atoms with Gasteiger partial charge < -0.3 is 10.2 Å². The lowest BCUT2D eigenvalue weighted by Gasteiger charge is -2.22. The number of benzene rings is 1. The topological polar surface area (TPSA) is 58.1 Å². The lowest BCUT2D eigenvalue weighted by molar-refractivity contribution is 0.0952. The fraction of sp³-hybridized carbons (Fsp3) is 0.389. The molecule has 1 aromatic carbocycles. The predicted molar refractivity (Wildman–Crippen MR) is 91.0 cm³/mol. The molecule has 0 saturated heterocycles. The SMILES string of the molecule is CCCCNC(=O)c1cnc(N2c3ccccc3CC2C)nc1. The first-order valence-corrected chi connectivity index (χ1v) is 8.18. The number of rotatable bonds is 5. The smallest absolute Gasteiger partial charge is 0.254 e. The zero-order chi connectivity index (χ0) is 16.2. The van der Waals surface area contributed by atoms with Crippen LogP contribution in [0.4, 0.5) is 11.6 Å². The van der Waals surface area contributed by atoms with Crippen LogP contribution in [0.5, 0.6) is 0 Å². The highest BCUT2D eigenvalue weighted by Gasteiger charge is 2.28. The highest BCUT2D eigenvalue weighted by atomic mass is 16.1. The predicted octanol–water partition coefficient (Wildman–Crippen LogP) is 3.09. The summed E-state index contributed by atoms with van der Waals surface area (Å²) in [5.74, 6) is 0.535. The van der Waals surface area contributed by atoms with Crippen molar-refractivity contribution in [2.45, 2.75) is 39.2 Å². The Morgan fingerprint density at radius 2 is 2.04 bits per heavy atom. The van der Waals surface area contributed by atoms with Crippen LogP contribution in [-0.4, -0.2) is 28.5 Å². The van der Waals surface area contributed by atoms with Gasteiger partial charge in [0, 0.05) is 30.7 Å². The molecule has 0 saturated carbocycles. The van der Waals surface area contributed by atoms with Gasteiger partial charge in [-0.1, -0.05) is 31.5 Å². The van der Waals surface area contributed by atoms with Crippen molar-refractivity contribution in [3.63, 3.8) is 0 Å². The van der Waals surface area contributed by atoms with Gasteiger partial charge in [-0.15, -0.1) is 0 Å². The number of anilines is 2. The number of unbranched alkanes of at least 4 members (excludes halogenated alkanes) is 1. The first-order valence-electron chi connectivity index (χ1n) is 8.18. The van der Waals surface area contributed by atoms with Crippen molar-refractivity contribution in [2.24, 2.45) is 0 Å². The highest BCUT2D eigenvalue weighted by Crippen LogP contribution is 2.35. The third kappa shape index (κ3) is 3.18. The monoisotopic (exact) mass is 310 g/mol. The molecule has 1 atom stereocenters. The first-order chi connectivity index (χ1) is 11.2. The van der Waals surface area contributed by atoms with E-state index >= 15 is 0 Å². The van der Waals surface area contributed by atoms with Gasteiger partial charge in [0.05, 0.1) is 5.56 Å². The largest absolute Gasteiger partial charge is 0.352 e. The number of fused-ring (bicyclic) bond motifs is 1. The Morgan fingerprint density at radius 1 is 1.30 bits per heavy atom. The van der Waals surface area contributed by atoms with E-state index in [2.05, 4.69) is 52.2 Å². The van der Waals surface area contributed by atoms with E-state index in [-0.39, 0.29) is 5.91 Å². The van der Waals surface area contributed by atoms with E-state index in [1.807, 2.05) is 6.07 Å². The molecule has 5 nitrogen and oxygen atoms in total. The zero-order valence-corrected chi connectivity index (χ0v) is 13.6. The quantitative estimate of drug-likeness (QED) is 0.862. The lowest BCUT2D eigenvalue weighted by Crippen LogP contribution is -2.27. The number of amides is 1. The number of aromatic nitrogens is 2. The first kappa shape index (κ1) is 15.5. The number of carbonyl (C=O) groups excluding carboxylic acids is 1. The second kappa shape index (κ2) is 6.77. The van der Waals surface area contributed by atoms with Gasteiger partial charge in [0.15, 0.2) is 0 Å². The molecule has 2 aromatic rings. The van der Waals surface area contributed by atoms with Crippen molar-refractivity contribution >= 4 is 17.5 Å². The molecule has 2 heterocycles. The van der Waals surface area contributed by atoms with E-state index in [9.17, 15) is 4.79 Å². The number of nitrogens with one attached hydrogen (secondary N) is 1. The fourth-order valence-corrected chi connectivity index (χ4v) is 2.91. The molecule has 3 rings (SSSR count). The minimum absolute atomic E-state index is 0.111. The zero-order valence-electron chi connectivity index (χ0n) is 13.6. The van der Waals surface area contributed by atoms with Gasteiger partial charge in [-0.2, -0.15) is 0 Å². The molecular weight excluding hydrogens is 288 g/mol. The molecule has 120 valence electrons. The standard InChI is InChI=1S/C18H22N4O/c1-3-4-9-19-17(23)15-11-20-18(21-12-15)22-13(2)10-14-7-5-6-8-16(14)22/h5-8,11-13H,3-4,9-10H2,1-2H3,(H,19,23). The van der Waals surface area contributed by atoms with Crippen molar-refractivity contribution in [1.82, 2.24) is 15.3 Å². The number of nitrogens with zero attached hydrogens (tertiary/aromatic N) is 3. The normalized spacial score (nSPS) is 16.3. The molecular formula is C18H22N4O. The van der Waals surface area contributed by atoms with E-state index in [1.54, 1.807) is 12.4 Å². The van der Waals surface area contributed by atoms with E-state index in [0.717, 1.165) is 24.9 Å². The number of carbonyl (C=O) groups is 1. The van der Waals surface area contributed by atoms with Crippen LogP contribution < -0.4 is 10.2 Å². The van der Waals surface area contributed by atoms with Crippen LogP contribution in [-0.2, 0) is 6.42 Å². The average Bonchev–Trinajstić information content (AvgIpc) is 2.91. The number of hydrogen-bond acceptors (Lipinski definition) is 4. The molecule has 0 radical (unpaired) electrons. The van der Waals surface area contributed by atoms with Crippen molar-refractivity contribution in [3.05, 3.63) is 47.8 Å². The molecule has 1 aliphatic rings. The average molecular weight is 310 g/mol. The van der Waals surface area contributed by atoms with Gasteiger partial charge in [0.2, 0.25) is 5.95 Å². The van der Waals surface area contributed by atoms with Crippen molar-refractivity contribution in [2.75, 3.05) is 11.4 Å². The van der Waals surface area contributed by atoms with E-state index in [4.69, 9.17) is 0 Å². The van der Waals surface area contributed by atoms with Crippen molar-refractivity contribution in [1.29, 1.82) is 0 Å². The molecule has 23 heavy (non-hydrogen) atoms. The Labute approximate surface area is 136 Å². The summed E-state index contributed by atoms with van der Waals surface area (Å²) in [6.45, 7) is 4.95. The third-order valence-corrected chi connectivity index (χ3v) is 4.14.